The molecule has 1 N–H and O–H groups in total. The fraction of sp³-hybridized carbons (Fsp3) is 0.571. The number of hydrogen-bond donors (Lipinski definition) is 1. The summed E-state index contributed by atoms with van der Waals surface area (Å²) in [6, 6.07) is 2.81. The summed E-state index contributed by atoms with van der Waals surface area (Å²) in [5, 5.41) is 9.17. The van der Waals surface area contributed by atoms with Crippen LogP contribution >= 0.6 is 0 Å². The molecule has 0 bridgehead atoms. The third-order valence-corrected chi connectivity index (χ3v) is 3.91. The molecule has 1 atom stereocenters. The molecule has 102 valence electrons. The maximum atomic E-state index is 4.51. The van der Waals surface area contributed by atoms with E-state index in [1.165, 1.54) is 18.5 Å². The lowest BCUT2D eigenvalue weighted by atomic mass is 10.2. The molecule has 5 heteroatoms. The Balaban J connectivity index is 1.73. The number of hydrogen-bond acceptors (Lipinski definition) is 4. The van der Waals surface area contributed by atoms with Gasteiger partial charge in [-0.25, -0.2) is 4.98 Å². The molecule has 0 saturated carbocycles. The van der Waals surface area contributed by atoms with Crippen LogP contribution in [0.3, 0.4) is 0 Å². The van der Waals surface area contributed by atoms with Gasteiger partial charge >= 0.3 is 0 Å². The Bertz CT molecular complexity index is 589. The van der Waals surface area contributed by atoms with E-state index in [9.17, 15) is 0 Å². The van der Waals surface area contributed by atoms with Gasteiger partial charge in [-0.05, 0) is 38.6 Å². The molecule has 19 heavy (non-hydrogen) atoms. The normalized spacial score (nSPS) is 20.5. The number of pyridine rings is 1. The van der Waals surface area contributed by atoms with Crippen molar-refractivity contribution >= 4 is 11.0 Å². The Hall–Kier alpha value is -1.46. The van der Waals surface area contributed by atoms with Crippen molar-refractivity contribution in [3.05, 3.63) is 23.5 Å². The molecule has 0 aromatic carbocycles. The highest BCUT2D eigenvalue weighted by Gasteiger charge is 2.18. The van der Waals surface area contributed by atoms with Crippen molar-refractivity contribution in [2.24, 2.45) is 7.05 Å². The van der Waals surface area contributed by atoms with E-state index < -0.39 is 0 Å². The van der Waals surface area contributed by atoms with Gasteiger partial charge in [0, 0.05) is 37.8 Å². The van der Waals surface area contributed by atoms with Gasteiger partial charge in [-0.15, -0.1) is 0 Å². The Morgan fingerprint density at radius 3 is 3.00 bits per heavy atom. The first kappa shape index (κ1) is 12.6. The van der Waals surface area contributed by atoms with Crippen LogP contribution in [0.1, 0.15) is 17.7 Å². The minimum Gasteiger partial charge on any atom is -0.309 e. The van der Waals surface area contributed by atoms with Crippen LogP contribution in [0.5, 0.6) is 0 Å². The summed E-state index contributed by atoms with van der Waals surface area (Å²) < 4.78 is 1.84. The predicted octanol–water partition coefficient (Wildman–Crippen LogP) is 1.07. The zero-order valence-electron chi connectivity index (χ0n) is 11.8. The first-order chi connectivity index (χ1) is 9.13. The third kappa shape index (κ3) is 2.48. The number of fused-ring (bicyclic) bond motifs is 1. The van der Waals surface area contributed by atoms with Crippen LogP contribution < -0.4 is 5.32 Å². The van der Waals surface area contributed by atoms with E-state index in [-0.39, 0.29) is 0 Å². The van der Waals surface area contributed by atoms with Gasteiger partial charge in [-0.2, -0.15) is 5.10 Å². The number of rotatable bonds is 3. The first-order valence-corrected chi connectivity index (χ1v) is 6.83. The lowest BCUT2D eigenvalue weighted by Crippen LogP contribution is -2.30. The van der Waals surface area contributed by atoms with Gasteiger partial charge < -0.3 is 10.2 Å². The molecule has 3 rings (SSSR count). The maximum Gasteiger partial charge on any atom is 0.157 e. The second-order valence-corrected chi connectivity index (χ2v) is 5.55. The van der Waals surface area contributed by atoms with Crippen molar-refractivity contribution in [1.82, 2.24) is 25.0 Å². The lowest BCUT2D eigenvalue weighted by molar-refractivity contribution is 0.397. The fourth-order valence-electron chi connectivity index (χ4n) is 2.81. The molecule has 3 heterocycles. The average Bonchev–Trinajstić information content (AvgIpc) is 2.92. The summed E-state index contributed by atoms with van der Waals surface area (Å²) >= 11 is 0. The van der Waals surface area contributed by atoms with Gasteiger partial charge in [0.25, 0.3) is 0 Å². The summed E-state index contributed by atoms with van der Waals surface area (Å²) in [6.45, 7) is 5.25. The van der Waals surface area contributed by atoms with Gasteiger partial charge in [0.05, 0.1) is 5.69 Å². The fourth-order valence-corrected chi connectivity index (χ4v) is 2.81. The highest BCUT2D eigenvalue weighted by Crippen LogP contribution is 2.16. The van der Waals surface area contributed by atoms with Crippen molar-refractivity contribution in [2.45, 2.75) is 25.9 Å². The molecule has 0 aliphatic carbocycles. The van der Waals surface area contributed by atoms with Crippen LogP contribution in [0.4, 0.5) is 0 Å². The van der Waals surface area contributed by atoms with E-state index in [4.69, 9.17) is 0 Å². The Kier molecular flexibility index (Phi) is 3.24. The smallest absolute Gasteiger partial charge is 0.157 e. The number of likely N-dealkylation sites (tertiary alicyclic amines) is 1. The summed E-state index contributed by atoms with van der Waals surface area (Å²) in [6.07, 6.45) is 3.19. The molecule has 1 unspecified atom stereocenters. The van der Waals surface area contributed by atoms with Crippen LogP contribution in [0.25, 0.3) is 11.0 Å². The van der Waals surface area contributed by atoms with E-state index >= 15 is 0 Å². The van der Waals surface area contributed by atoms with Crippen molar-refractivity contribution in [3.8, 4) is 0 Å². The molecule has 0 radical (unpaired) electrons. The van der Waals surface area contributed by atoms with E-state index in [2.05, 4.69) is 33.4 Å². The van der Waals surface area contributed by atoms with Crippen molar-refractivity contribution in [3.63, 3.8) is 0 Å². The highest BCUT2D eigenvalue weighted by atomic mass is 15.3. The number of nitrogens with zero attached hydrogens (tertiary/aromatic N) is 4. The largest absolute Gasteiger partial charge is 0.309 e. The number of aryl methyl sites for hydroxylation is 2. The first-order valence-electron chi connectivity index (χ1n) is 6.83. The molecule has 2 aromatic heterocycles. The third-order valence-electron chi connectivity index (χ3n) is 3.91. The van der Waals surface area contributed by atoms with Crippen LogP contribution in [-0.2, 0) is 13.6 Å². The number of aromatic nitrogens is 3. The summed E-state index contributed by atoms with van der Waals surface area (Å²) in [7, 11) is 4.11. The quantitative estimate of drug-likeness (QED) is 0.895. The summed E-state index contributed by atoms with van der Waals surface area (Å²) in [4.78, 5) is 6.88. The topological polar surface area (TPSA) is 46.0 Å². The molecular weight excluding hydrogens is 238 g/mol. The van der Waals surface area contributed by atoms with E-state index in [0.717, 1.165) is 29.8 Å². The van der Waals surface area contributed by atoms with Gasteiger partial charge in [0.1, 0.15) is 0 Å². The number of likely N-dealkylation sites (N-methyl/N-ethyl adjacent to an activating group) is 1. The second-order valence-electron chi connectivity index (χ2n) is 5.55. The summed E-state index contributed by atoms with van der Waals surface area (Å²) in [5.41, 5.74) is 3.24. The van der Waals surface area contributed by atoms with E-state index in [1.807, 2.05) is 24.9 Å². The molecule has 1 aliphatic rings. The Morgan fingerprint density at radius 2 is 2.26 bits per heavy atom. The minimum atomic E-state index is 0.607. The average molecular weight is 259 g/mol. The molecule has 1 fully saturated rings. The van der Waals surface area contributed by atoms with Crippen LogP contribution in [0.15, 0.2) is 12.3 Å². The molecule has 0 spiro atoms. The van der Waals surface area contributed by atoms with Gasteiger partial charge in [0.15, 0.2) is 5.65 Å². The summed E-state index contributed by atoms with van der Waals surface area (Å²) in [5.74, 6) is 0. The van der Waals surface area contributed by atoms with Crippen molar-refractivity contribution < 1.29 is 0 Å². The predicted molar refractivity (Wildman–Crippen MR) is 76.0 cm³/mol. The lowest BCUT2D eigenvalue weighted by Gasteiger charge is -2.12. The zero-order valence-corrected chi connectivity index (χ0v) is 11.8. The van der Waals surface area contributed by atoms with Crippen molar-refractivity contribution in [1.29, 1.82) is 0 Å². The van der Waals surface area contributed by atoms with Gasteiger partial charge in [-0.1, -0.05) is 0 Å². The highest BCUT2D eigenvalue weighted by molar-refractivity contribution is 5.78. The Labute approximate surface area is 113 Å². The molecule has 1 aliphatic heterocycles. The van der Waals surface area contributed by atoms with E-state index in [0.29, 0.717) is 6.04 Å². The monoisotopic (exact) mass is 259 g/mol. The molecule has 0 amide bonds. The van der Waals surface area contributed by atoms with Gasteiger partial charge in [0.2, 0.25) is 0 Å². The maximum absolute atomic E-state index is 4.51. The van der Waals surface area contributed by atoms with Gasteiger partial charge in [-0.3, -0.25) is 4.68 Å². The molecular formula is C14H21N5. The number of nitrogens with one attached hydrogen (secondary N) is 1. The molecule has 2 aromatic rings. The SMILES string of the molecule is Cc1nn(C)c2ncc(CNC3CCN(C)C3)cc12. The van der Waals surface area contributed by atoms with Crippen LogP contribution in [0, 0.1) is 6.92 Å². The van der Waals surface area contributed by atoms with E-state index in [1.54, 1.807) is 0 Å². The Morgan fingerprint density at radius 1 is 1.42 bits per heavy atom. The molecule has 1 saturated heterocycles. The van der Waals surface area contributed by atoms with Crippen molar-refractivity contribution in [2.75, 3.05) is 20.1 Å². The standard InChI is InChI=1S/C14H21N5/c1-10-13-6-11(8-16-14(13)19(3)17-10)7-15-12-4-5-18(2)9-12/h6,8,12,15H,4-5,7,9H2,1-3H3. The minimum absolute atomic E-state index is 0.607. The zero-order chi connectivity index (χ0) is 13.4. The molecule has 5 nitrogen and oxygen atoms in total. The second kappa shape index (κ2) is 4.90. The van der Waals surface area contributed by atoms with Crippen LogP contribution in [-0.4, -0.2) is 45.8 Å². The van der Waals surface area contributed by atoms with Crippen LogP contribution in [0.2, 0.25) is 0 Å².